The zero-order chi connectivity index (χ0) is 18.8. The van der Waals surface area contributed by atoms with Crippen LogP contribution in [-0.4, -0.2) is 25.1 Å². The Hall–Kier alpha value is -3.54. The summed E-state index contributed by atoms with van der Waals surface area (Å²) in [6.45, 7) is 0. The van der Waals surface area contributed by atoms with Crippen molar-refractivity contribution in [3.63, 3.8) is 0 Å². The monoisotopic (exact) mass is 361 g/mol. The number of aromatic nitrogens is 1. The van der Waals surface area contributed by atoms with E-state index in [4.69, 9.17) is 9.47 Å². The summed E-state index contributed by atoms with van der Waals surface area (Å²) in [6.07, 6.45) is 1.29. The number of nitrogens with one attached hydrogen (secondary N) is 1. The van der Waals surface area contributed by atoms with Gasteiger partial charge in [0.2, 0.25) is 0 Å². The van der Waals surface area contributed by atoms with Crippen LogP contribution in [0, 0.1) is 0 Å². The van der Waals surface area contributed by atoms with Crippen LogP contribution in [0.15, 0.2) is 66.9 Å². The number of methoxy groups -OCH3 is 2. The lowest BCUT2D eigenvalue weighted by atomic mass is 10.2. The maximum atomic E-state index is 13.0. The van der Waals surface area contributed by atoms with Gasteiger partial charge in [-0.2, -0.15) is 0 Å². The van der Waals surface area contributed by atoms with Gasteiger partial charge in [0.25, 0.3) is 5.91 Å². The van der Waals surface area contributed by atoms with Gasteiger partial charge in [-0.3, -0.25) is 14.7 Å². The van der Waals surface area contributed by atoms with E-state index in [-0.39, 0.29) is 5.91 Å². The highest BCUT2D eigenvalue weighted by molar-refractivity contribution is 6.11. The molecule has 0 aliphatic carbocycles. The van der Waals surface area contributed by atoms with Crippen LogP contribution in [-0.2, 0) is 0 Å². The fraction of sp³-hybridized carbons (Fsp3) is 0.143. The highest BCUT2D eigenvalue weighted by Crippen LogP contribution is 2.37. The third-order valence-electron chi connectivity index (χ3n) is 4.55. The van der Waals surface area contributed by atoms with Gasteiger partial charge in [0.05, 0.1) is 25.5 Å². The number of pyridine rings is 1. The van der Waals surface area contributed by atoms with Crippen LogP contribution in [0.5, 0.6) is 11.5 Å². The Morgan fingerprint density at radius 1 is 0.926 bits per heavy atom. The first-order chi connectivity index (χ1) is 13.2. The molecule has 1 aliphatic heterocycles. The summed E-state index contributed by atoms with van der Waals surface area (Å²) in [4.78, 5) is 19.2. The molecule has 0 radical (unpaired) electrons. The molecule has 0 saturated carbocycles. The number of hydrogen-bond acceptors (Lipinski definition) is 5. The molecule has 0 unspecified atom stereocenters. The number of carbonyl (C=O) groups excluding carboxylic acids is 1. The van der Waals surface area contributed by atoms with Gasteiger partial charge >= 0.3 is 0 Å². The zero-order valence-electron chi connectivity index (χ0n) is 15.0. The van der Waals surface area contributed by atoms with E-state index in [1.165, 1.54) is 0 Å². The lowest BCUT2D eigenvalue weighted by Crippen LogP contribution is -2.32. The number of anilines is 2. The standard InChI is InChI=1S/C21H19N3O3/c1-26-16-9-5-14(6-10-16)23-20-19-18(4-3-13-22-19)21(25)24(20)15-7-11-17(27-2)12-8-15/h3-13,20,23H,1-2H3/t20-/m1/s1. The Kier molecular flexibility index (Phi) is 4.38. The van der Waals surface area contributed by atoms with Crippen molar-refractivity contribution in [3.05, 3.63) is 78.1 Å². The fourth-order valence-corrected chi connectivity index (χ4v) is 3.17. The Morgan fingerprint density at radius 3 is 2.19 bits per heavy atom. The van der Waals surface area contributed by atoms with Crippen LogP contribution in [0.3, 0.4) is 0 Å². The molecule has 4 rings (SSSR count). The number of hydrogen-bond donors (Lipinski definition) is 1. The molecule has 3 aromatic rings. The van der Waals surface area contributed by atoms with Crippen molar-refractivity contribution in [3.8, 4) is 11.5 Å². The van der Waals surface area contributed by atoms with Gasteiger partial charge in [0.1, 0.15) is 11.5 Å². The molecule has 136 valence electrons. The molecule has 1 aliphatic rings. The molecule has 0 spiro atoms. The molecular weight excluding hydrogens is 342 g/mol. The van der Waals surface area contributed by atoms with E-state index in [0.717, 1.165) is 22.9 Å². The summed E-state index contributed by atoms with van der Waals surface area (Å²) < 4.78 is 10.4. The van der Waals surface area contributed by atoms with Gasteiger partial charge in [-0.15, -0.1) is 0 Å². The Balaban J connectivity index is 1.72. The fourth-order valence-electron chi connectivity index (χ4n) is 3.17. The highest BCUT2D eigenvalue weighted by Gasteiger charge is 2.38. The smallest absolute Gasteiger partial charge is 0.262 e. The van der Waals surface area contributed by atoms with E-state index < -0.39 is 6.17 Å². The first kappa shape index (κ1) is 16.9. The third kappa shape index (κ3) is 3.06. The molecule has 0 bridgehead atoms. The molecule has 2 heterocycles. The number of carbonyl (C=O) groups is 1. The van der Waals surface area contributed by atoms with Crippen molar-refractivity contribution >= 4 is 17.3 Å². The van der Waals surface area contributed by atoms with Gasteiger partial charge in [-0.1, -0.05) is 0 Å². The zero-order valence-corrected chi connectivity index (χ0v) is 15.0. The number of rotatable bonds is 5. The maximum absolute atomic E-state index is 13.0. The summed E-state index contributed by atoms with van der Waals surface area (Å²) in [5.41, 5.74) is 2.93. The third-order valence-corrected chi connectivity index (χ3v) is 4.55. The number of fused-ring (bicyclic) bond motifs is 1. The van der Waals surface area contributed by atoms with E-state index in [2.05, 4.69) is 10.3 Å². The molecule has 6 heteroatoms. The lowest BCUT2D eigenvalue weighted by molar-refractivity contribution is 0.0993. The van der Waals surface area contributed by atoms with Gasteiger partial charge in [-0.05, 0) is 60.7 Å². The normalized spacial score (nSPS) is 15.4. The summed E-state index contributed by atoms with van der Waals surface area (Å²) in [6, 6.07) is 18.6. The minimum absolute atomic E-state index is 0.0886. The summed E-state index contributed by atoms with van der Waals surface area (Å²) in [5, 5.41) is 3.41. The SMILES string of the molecule is COc1ccc(N[C@H]2c3ncccc3C(=O)N2c2ccc(OC)cc2)cc1. The summed E-state index contributed by atoms with van der Waals surface area (Å²) in [5.74, 6) is 1.42. The molecule has 6 nitrogen and oxygen atoms in total. The summed E-state index contributed by atoms with van der Waals surface area (Å²) >= 11 is 0. The molecular formula is C21H19N3O3. The van der Waals surface area contributed by atoms with Gasteiger partial charge in [0, 0.05) is 17.6 Å². The van der Waals surface area contributed by atoms with Crippen LogP contribution in [0.4, 0.5) is 11.4 Å². The van der Waals surface area contributed by atoms with Crippen molar-refractivity contribution in [2.75, 3.05) is 24.4 Å². The van der Waals surface area contributed by atoms with E-state index in [9.17, 15) is 4.79 Å². The predicted molar refractivity (Wildman–Crippen MR) is 103 cm³/mol. The summed E-state index contributed by atoms with van der Waals surface area (Å²) in [7, 11) is 3.24. The largest absolute Gasteiger partial charge is 0.497 e. The topological polar surface area (TPSA) is 63.7 Å². The van der Waals surface area contributed by atoms with Crippen LogP contribution in [0.25, 0.3) is 0 Å². The highest BCUT2D eigenvalue weighted by atomic mass is 16.5. The first-order valence-electron chi connectivity index (χ1n) is 8.54. The average molecular weight is 361 g/mol. The number of amides is 1. The van der Waals surface area contributed by atoms with Crippen LogP contribution >= 0.6 is 0 Å². The molecule has 1 amide bonds. The molecule has 2 aromatic carbocycles. The van der Waals surface area contributed by atoms with E-state index in [0.29, 0.717) is 11.3 Å². The van der Waals surface area contributed by atoms with Crippen molar-refractivity contribution in [2.24, 2.45) is 0 Å². The lowest BCUT2D eigenvalue weighted by Gasteiger charge is -2.26. The molecule has 27 heavy (non-hydrogen) atoms. The van der Waals surface area contributed by atoms with Crippen molar-refractivity contribution in [1.82, 2.24) is 4.98 Å². The quantitative estimate of drug-likeness (QED) is 0.747. The van der Waals surface area contributed by atoms with Crippen LogP contribution in [0.2, 0.25) is 0 Å². The van der Waals surface area contributed by atoms with Gasteiger partial charge in [0.15, 0.2) is 6.17 Å². The van der Waals surface area contributed by atoms with Crippen molar-refractivity contribution in [2.45, 2.75) is 6.17 Å². The molecule has 1 atom stereocenters. The van der Waals surface area contributed by atoms with Crippen LogP contribution < -0.4 is 19.7 Å². The second-order valence-electron chi connectivity index (χ2n) is 6.08. The first-order valence-corrected chi connectivity index (χ1v) is 8.54. The minimum atomic E-state index is -0.407. The Morgan fingerprint density at radius 2 is 1.56 bits per heavy atom. The number of nitrogens with zero attached hydrogens (tertiary/aromatic N) is 2. The maximum Gasteiger partial charge on any atom is 0.262 e. The second-order valence-corrected chi connectivity index (χ2v) is 6.08. The van der Waals surface area contributed by atoms with E-state index >= 15 is 0 Å². The second kappa shape index (κ2) is 6.99. The van der Waals surface area contributed by atoms with Crippen molar-refractivity contribution < 1.29 is 14.3 Å². The predicted octanol–water partition coefficient (Wildman–Crippen LogP) is 3.87. The Labute approximate surface area is 157 Å². The number of benzene rings is 2. The molecule has 0 saturated heterocycles. The molecule has 1 aromatic heterocycles. The molecule has 1 N–H and O–H groups in total. The van der Waals surface area contributed by atoms with E-state index in [1.54, 1.807) is 37.4 Å². The van der Waals surface area contributed by atoms with Crippen LogP contribution in [0.1, 0.15) is 22.2 Å². The number of ether oxygens (including phenoxy) is 2. The van der Waals surface area contributed by atoms with Crippen molar-refractivity contribution in [1.29, 1.82) is 0 Å². The Bertz CT molecular complexity index is 955. The average Bonchev–Trinajstić information content (AvgIpc) is 3.01. The minimum Gasteiger partial charge on any atom is -0.497 e. The van der Waals surface area contributed by atoms with E-state index in [1.807, 2.05) is 48.5 Å². The van der Waals surface area contributed by atoms with Gasteiger partial charge in [-0.25, -0.2) is 0 Å². The molecule has 0 fully saturated rings. The van der Waals surface area contributed by atoms with Gasteiger partial charge < -0.3 is 14.8 Å².